The molecule has 3 nitrogen and oxygen atoms in total. The van der Waals surface area contributed by atoms with Gasteiger partial charge in [0.1, 0.15) is 5.58 Å². The van der Waals surface area contributed by atoms with Crippen molar-refractivity contribution in [3.05, 3.63) is 51.7 Å². The number of hydrogen-bond donors (Lipinski definition) is 1. The van der Waals surface area contributed by atoms with Gasteiger partial charge in [-0.3, -0.25) is 0 Å². The van der Waals surface area contributed by atoms with Gasteiger partial charge in [-0.15, -0.1) is 11.3 Å². The van der Waals surface area contributed by atoms with E-state index in [0.29, 0.717) is 0 Å². The summed E-state index contributed by atoms with van der Waals surface area (Å²) < 4.78 is 5.54. The molecule has 0 radical (unpaired) electrons. The molecule has 2 N–H and O–H groups in total. The van der Waals surface area contributed by atoms with E-state index in [1.807, 2.05) is 31.2 Å². The predicted octanol–water partition coefficient (Wildman–Crippen LogP) is 3.75. The zero-order chi connectivity index (χ0) is 13.4. The molecule has 0 saturated carbocycles. The van der Waals surface area contributed by atoms with Crippen molar-refractivity contribution in [1.29, 1.82) is 0 Å². The van der Waals surface area contributed by atoms with Crippen molar-refractivity contribution >= 4 is 22.3 Å². The van der Waals surface area contributed by atoms with E-state index in [4.69, 9.17) is 10.2 Å². The van der Waals surface area contributed by atoms with Gasteiger partial charge in [0.15, 0.2) is 0 Å². The Hall–Kier alpha value is -1.65. The molecule has 3 aromatic rings. The van der Waals surface area contributed by atoms with Crippen LogP contribution in [0, 0.1) is 13.8 Å². The van der Waals surface area contributed by atoms with Crippen LogP contribution in [0.2, 0.25) is 0 Å². The van der Waals surface area contributed by atoms with Crippen molar-refractivity contribution in [2.75, 3.05) is 0 Å². The van der Waals surface area contributed by atoms with E-state index in [1.54, 1.807) is 17.6 Å². The Balaban J connectivity index is 1.89. The van der Waals surface area contributed by atoms with E-state index in [0.717, 1.165) is 33.7 Å². The molecule has 0 fully saturated rings. The zero-order valence-electron chi connectivity index (χ0n) is 11.0. The van der Waals surface area contributed by atoms with Crippen LogP contribution in [-0.4, -0.2) is 4.98 Å². The minimum absolute atomic E-state index is 0.0754. The quantitative estimate of drug-likeness (QED) is 0.790. The SMILES string of the molecule is Cc1nc(CC(N)c2coc3ccccc23)sc1C. The van der Waals surface area contributed by atoms with Crippen LogP contribution in [0.15, 0.2) is 34.9 Å². The molecule has 0 bridgehead atoms. The molecule has 0 amide bonds. The first-order chi connectivity index (χ1) is 9.15. The number of furan rings is 1. The van der Waals surface area contributed by atoms with Gasteiger partial charge in [0, 0.05) is 28.3 Å². The van der Waals surface area contributed by atoms with Crippen molar-refractivity contribution in [1.82, 2.24) is 4.98 Å². The van der Waals surface area contributed by atoms with Crippen LogP contribution >= 0.6 is 11.3 Å². The highest BCUT2D eigenvalue weighted by molar-refractivity contribution is 7.11. The summed E-state index contributed by atoms with van der Waals surface area (Å²) in [6.45, 7) is 4.13. The number of rotatable bonds is 3. The summed E-state index contributed by atoms with van der Waals surface area (Å²) in [5.41, 5.74) is 9.35. The molecule has 3 rings (SSSR count). The van der Waals surface area contributed by atoms with E-state index in [2.05, 4.69) is 11.9 Å². The second kappa shape index (κ2) is 4.79. The van der Waals surface area contributed by atoms with Crippen molar-refractivity contribution in [2.24, 2.45) is 5.73 Å². The summed E-state index contributed by atoms with van der Waals surface area (Å²) in [5.74, 6) is 0. The molecule has 4 heteroatoms. The van der Waals surface area contributed by atoms with E-state index >= 15 is 0 Å². The number of nitrogens with zero attached hydrogens (tertiary/aromatic N) is 1. The Morgan fingerprint density at radius 2 is 2.11 bits per heavy atom. The standard InChI is InChI=1S/C15H16N2OS/c1-9-10(2)19-15(17-9)7-13(16)12-8-18-14-6-4-3-5-11(12)14/h3-6,8,13H,7,16H2,1-2H3. The molecule has 2 aromatic heterocycles. The number of fused-ring (bicyclic) bond motifs is 1. The van der Waals surface area contributed by atoms with Gasteiger partial charge >= 0.3 is 0 Å². The monoisotopic (exact) mass is 272 g/mol. The van der Waals surface area contributed by atoms with E-state index < -0.39 is 0 Å². The number of nitrogens with two attached hydrogens (primary N) is 1. The van der Waals surface area contributed by atoms with Crippen LogP contribution in [0.1, 0.15) is 27.2 Å². The van der Waals surface area contributed by atoms with Crippen molar-refractivity contribution in [3.8, 4) is 0 Å². The summed E-state index contributed by atoms with van der Waals surface area (Å²) in [6.07, 6.45) is 2.52. The third-order valence-corrected chi connectivity index (χ3v) is 4.47. The molecule has 0 aliphatic heterocycles. The lowest BCUT2D eigenvalue weighted by Gasteiger charge is -2.07. The Morgan fingerprint density at radius 3 is 2.84 bits per heavy atom. The molecule has 1 unspecified atom stereocenters. The lowest BCUT2D eigenvalue weighted by atomic mass is 10.0. The zero-order valence-corrected chi connectivity index (χ0v) is 11.8. The first-order valence-corrected chi connectivity index (χ1v) is 7.11. The average Bonchev–Trinajstić information content (AvgIpc) is 2.94. The average molecular weight is 272 g/mol. The lowest BCUT2D eigenvalue weighted by Crippen LogP contribution is -2.12. The predicted molar refractivity (Wildman–Crippen MR) is 78.4 cm³/mol. The fourth-order valence-corrected chi connectivity index (χ4v) is 3.20. The van der Waals surface area contributed by atoms with Crippen LogP contribution in [0.4, 0.5) is 0 Å². The normalized spacial score (nSPS) is 13.0. The Bertz CT molecular complexity index is 694. The van der Waals surface area contributed by atoms with Gasteiger partial charge in [0.2, 0.25) is 0 Å². The number of thiazole rings is 1. The lowest BCUT2D eigenvalue weighted by molar-refractivity contribution is 0.599. The highest BCUT2D eigenvalue weighted by Crippen LogP contribution is 2.28. The summed E-state index contributed by atoms with van der Waals surface area (Å²) in [4.78, 5) is 5.81. The van der Waals surface area contributed by atoms with Gasteiger partial charge in [0.05, 0.1) is 17.0 Å². The van der Waals surface area contributed by atoms with E-state index in [9.17, 15) is 0 Å². The molecule has 98 valence electrons. The maximum Gasteiger partial charge on any atom is 0.134 e. The van der Waals surface area contributed by atoms with E-state index in [-0.39, 0.29) is 6.04 Å². The largest absolute Gasteiger partial charge is 0.464 e. The second-order valence-corrected chi connectivity index (χ2v) is 6.03. The number of para-hydroxylation sites is 1. The molecule has 0 saturated heterocycles. The van der Waals surface area contributed by atoms with E-state index in [1.165, 1.54) is 4.88 Å². The molecule has 0 aliphatic rings. The second-order valence-electron chi connectivity index (χ2n) is 4.75. The fourth-order valence-electron chi connectivity index (χ4n) is 2.21. The van der Waals surface area contributed by atoms with Crippen LogP contribution in [0.5, 0.6) is 0 Å². The summed E-state index contributed by atoms with van der Waals surface area (Å²) in [6, 6.07) is 7.91. The Morgan fingerprint density at radius 1 is 1.32 bits per heavy atom. The maximum absolute atomic E-state index is 6.30. The Kier molecular flexibility index (Phi) is 3.12. The van der Waals surface area contributed by atoms with Crippen molar-refractivity contribution < 1.29 is 4.42 Å². The third kappa shape index (κ3) is 2.29. The van der Waals surface area contributed by atoms with Gasteiger partial charge in [-0.1, -0.05) is 18.2 Å². The van der Waals surface area contributed by atoms with Gasteiger partial charge in [0.25, 0.3) is 0 Å². The van der Waals surface area contributed by atoms with Crippen LogP contribution < -0.4 is 5.73 Å². The highest BCUT2D eigenvalue weighted by atomic mass is 32.1. The first-order valence-electron chi connectivity index (χ1n) is 6.30. The molecular weight excluding hydrogens is 256 g/mol. The smallest absolute Gasteiger partial charge is 0.134 e. The maximum atomic E-state index is 6.30. The molecular formula is C15H16N2OS. The van der Waals surface area contributed by atoms with Crippen molar-refractivity contribution in [3.63, 3.8) is 0 Å². The number of benzene rings is 1. The molecule has 19 heavy (non-hydrogen) atoms. The Labute approximate surface area is 116 Å². The number of aromatic nitrogens is 1. The first kappa shape index (κ1) is 12.4. The minimum atomic E-state index is -0.0754. The van der Waals surface area contributed by atoms with Gasteiger partial charge in [-0.2, -0.15) is 0 Å². The minimum Gasteiger partial charge on any atom is -0.464 e. The molecule has 1 aromatic carbocycles. The molecule has 0 aliphatic carbocycles. The summed E-state index contributed by atoms with van der Waals surface area (Å²) in [7, 11) is 0. The number of aryl methyl sites for hydroxylation is 2. The third-order valence-electron chi connectivity index (χ3n) is 3.38. The summed E-state index contributed by atoms with van der Waals surface area (Å²) >= 11 is 1.72. The van der Waals surface area contributed by atoms with Crippen LogP contribution in [0.25, 0.3) is 11.0 Å². The highest BCUT2D eigenvalue weighted by Gasteiger charge is 2.15. The fraction of sp³-hybridized carbons (Fsp3) is 0.267. The van der Waals surface area contributed by atoms with Gasteiger partial charge in [-0.25, -0.2) is 4.98 Å². The van der Waals surface area contributed by atoms with Crippen LogP contribution in [0.3, 0.4) is 0 Å². The number of hydrogen-bond acceptors (Lipinski definition) is 4. The van der Waals surface area contributed by atoms with Gasteiger partial charge in [-0.05, 0) is 19.9 Å². The molecule has 0 spiro atoms. The molecule has 1 atom stereocenters. The topological polar surface area (TPSA) is 52.0 Å². The summed E-state index contributed by atoms with van der Waals surface area (Å²) in [5, 5.41) is 2.19. The van der Waals surface area contributed by atoms with Gasteiger partial charge < -0.3 is 10.2 Å². The van der Waals surface area contributed by atoms with Crippen LogP contribution in [-0.2, 0) is 6.42 Å². The molecule has 2 heterocycles. The van der Waals surface area contributed by atoms with Crippen molar-refractivity contribution in [2.45, 2.75) is 26.3 Å².